The van der Waals surface area contributed by atoms with Gasteiger partial charge >= 0.3 is 12.7 Å². The SMILES string of the molecule is [O]c1ccc(-c2ccccc2Oc2cc(OC(F)(F)F)cc(OC(F)(F)F)c2)cc1. The van der Waals surface area contributed by atoms with Crippen LogP contribution in [-0.2, 0) is 5.11 Å². The monoisotopic (exact) mass is 429 g/mol. The Morgan fingerprint density at radius 1 is 0.633 bits per heavy atom. The van der Waals surface area contributed by atoms with Crippen molar-refractivity contribution in [3.63, 3.8) is 0 Å². The van der Waals surface area contributed by atoms with Gasteiger partial charge in [-0.15, -0.1) is 26.3 Å². The first-order chi connectivity index (χ1) is 14.0. The molecule has 0 saturated heterocycles. The highest BCUT2D eigenvalue weighted by molar-refractivity contribution is 5.71. The number of rotatable bonds is 5. The Hall–Kier alpha value is -3.56. The van der Waals surface area contributed by atoms with Gasteiger partial charge in [0.15, 0.2) is 5.75 Å². The number of ether oxygens (including phenoxy) is 3. The summed E-state index contributed by atoms with van der Waals surface area (Å²) in [4.78, 5) is 0. The Morgan fingerprint density at radius 3 is 1.67 bits per heavy atom. The first-order valence-electron chi connectivity index (χ1n) is 8.19. The van der Waals surface area contributed by atoms with Crippen LogP contribution in [0.5, 0.6) is 28.7 Å². The van der Waals surface area contributed by atoms with Gasteiger partial charge in [-0.2, -0.15) is 0 Å². The minimum Gasteiger partial charge on any atom is -0.456 e. The molecule has 3 aromatic carbocycles. The quantitative estimate of drug-likeness (QED) is 0.407. The molecule has 0 amide bonds. The van der Waals surface area contributed by atoms with Crippen molar-refractivity contribution in [1.82, 2.24) is 0 Å². The average Bonchev–Trinajstić information content (AvgIpc) is 2.60. The molecule has 0 spiro atoms. The summed E-state index contributed by atoms with van der Waals surface area (Å²) in [5, 5.41) is 11.3. The first kappa shape index (κ1) is 21.2. The van der Waals surface area contributed by atoms with E-state index < -0.39 is 24.2 Å². The van der Waals surface area contributed by atoms with Crippen LogP contribution < -0.4 is 14.2 Å². The second kappa shape index (κ2) is 8.05. The summed E-state index contributed by atoms with van der Waals surface area (Å²) in [6.45, 7) is 0. The van der Waals surface area contributed by atoms with Gasteiger partial charge in [0, 0.05) is 23.8 Å². The van der Waals surface area contributed by atoms with Gasteiger partial charge in [-0.3, -0.25) is 5.11 Å². The summed E-state index contributed by atoms with van der Waals surface area (Å²) in [6, 6.07) is 13.9. The van der Waals surface area contributed by atoms with Crippen LogP contribution in [0.15, 0.2) is 66.7 Å². The van der Waals surface area contributed by atoms with Crippen molar-refractivity contribution in [3.05, 3.63) is 66.7 Å². The molecule has 4 nitrogen and oxygen atoms in total. The normalized spacial score (nSPS) is 11.8. The average molecular weight is 429 g/mol. The fourth-order valence-corrected chi connectivity index (χ4v) is 2.55. The number of hydrogen-bond acceptors (Lipinski definition) is 3. The van der Waals surface area contributed by atoms with Crippen LogP contribution in [0.1, 0.15) is 0 Å². The molecule has 0 aliphatic rings. The van der Waals surface area contributed by atoms with Crippen molar-refractivity contribution in [2.45, 2.75) is 12.7 Å². The largest absolute Gasteiger partial charge is 0.573 e. The lowest BCUT2D eigenvalue weighted by atomic mass is 10.0. The Bertz CT molecular complexity index is 979. The predicted octanol–water partition coefficient (Wildman–Crippen LogP) is 7.09. The maximum atomic E-state index is 12.5. The van der Waals surface area contributed by atoms with E-state index >= 15 is 0 Å². The van der Waals surface area contributed by atoms with E-state index in [4.69, 9.17) is 4.74 Å². The van der Waals surface area contributed by atoms with Gasteiger partial charge in [0.05, 0.1) is 0 Å². The van der Waals surface area contributed by atoms with E-state index in [1.54, 1.807) is 18.2 Å². The molecule has 30 heavy (non-hydrogen) atoms. The lowest BCUT2D eigenvalue weighted by Crippen LogP contribution is -2.19. The molecule has 157 valence electrons. The lowest BCUT2D eigenvalue weighted by Gasteiger charge is -2.16. The second-order valence-corrected chi connectivity index (χ2v) is 5.86. The summed E-state index contributed by atoms with van der Waals surface area (Å²) >= 11 is 0. The first-order valence-corrected chi connectivity index (χ1v) is 8.19. The van der Waals surface area contributed by atoms with Crippen LogP contribution in [0.3, 0.4) is 0 Å². The van der Waals surface area contributed by atoms with Crippen LogP contribution in [0.25, 0.3) is 11.1 Å². The van der Waals surface area contributed by atoms with Gasteiger partial charge in [0.25, 0.3) is 0 Å². The van der Waals surface area contributed by atoms with Crippen LogP contribution in [-0.4, -0.2) is 12.7 Å². The van der Waals surface area contributed by atoms with Crippen LogP contribution in [0.2, 0.25) is 0 Å². The molecule has 10 heteroatoms. The Morgan fingerprint density at radius 2 is 1.13 bits per heavy atom. The molecule has 0 N–H and O–H groups in total. The van der Waals surface area contributed by atoms with Crippen molar-refractivity contribution in [1.29, 1.82) is 0 Å². The molecule has 0 atom stereocenters. The van der Waals surface area contributed by atoms with E-state index in [9.17, 15) is 31.4 Å². The highest BCUT2D eigenvalue weighted by Gasteiger charge is 2.34. The van der Waals surface area contributed by atoms with E-state index in [0.29, 0.717) is 17.2 Å². The maximum absolute atomic E-state index is 12.5. The molecule has 0 aromatic heterocycles. The Labute approximate surface area is 165 Å². The third kappa shape index (κ3) is 5.97. The number of halogens is 6. The highest BCUT2D eigenvalue weighted by atomic mass is 19.4. The van der Waals surface area contributed by atoms with Crippen molar-refractivity contribution in [3.8, 4) is 39.9 Å². The fraction of sp³-hybridized carbons (Fsp3) is 0.100. The summed E-state index contributed by atoms with van der Waals surface area (Å²) in [7, 11) is 0. The van der Waals surface area contributed by atoms with E-state index in [-0.39, 0.29) is 17.2 Å². The smallest absolute Gasteiger partial charge is 0.456 e. The highest BCUT2D eigenvalue weighted by Crippen LogP contribution is 2.38. The number of hydrogen-bond donors (Lipinski definition) is 0. The third-order valence-electron chi connectivity index (χ3n) is 3.60. The molecule has 0 fully saturated rings. The molecule has 0 unspecified atom stereocenters. The molecule has 0 aliphatic heterocycles. The molecule has 0 heterocycles. The molecule has 0 bridgehead atoms. The maximum Gasteiger partial charge on any atom is 0.573 e. The number of para-hydroxylation sites is 1. The standard InChI is InChI=1S/C20H11F6O4/c21-19(22,23)29-15-9-14(10-16(11-15)30-20(24,25)26)28-18-4-2-1-3-17(18)12-5-7-13(27)8-6-12/h1-11H. The van der Waals surface area contributed by atoms with Crippen LogP contribution in [0.4, 0.5) is 26.3 Å². The molecule has 3 aromatic rings. The van der Waals surface area contributed by atoms with Gasteiger partial charge in [0.2, 0.25) is 0 Å². The van der Waals surface area contributed by atoms with Crippen molar-refractivity contribution in [2.24, 2.45) is 0 Å². The topological polar surface area (TPSA) is 47.6 Å². The fourth-order valence-electron chi connectivity index (χ4n) is 2.55. The summed E-state index contributed by atoms with van der Waals surface area (Å²) < 4.78 is 88.2. The molecule has 3 rings (SSSR count). The van der Waals surface area contributed by atoms with E-state index in [1.807, 2.05) is 0 Å². The molecular weight excluding hydrogens is 418 g/mol. The summed E-state index contributed by atoms with van der Waals surface area (Å²) in [5.41, 5.74) is 1.01. The van der Waals surface area contributed by atoms with Crippen molar-refractivity contribution < 1.29 is 45.7 Å². The third-order valence-corrected chi connectivity index (χ3v) is 3.60. The van der Waals surface area contributed by atoms with Gasteiger partial charge in [-0.25, -0.2) is 0 Å². The molecule has 0 saturated carbocycles. The van der Waals surface area contributed by atoms with Gasteiger partial charge < -0.3 is 14.2 Å². The minimum atomic E-state index is -5.13. The minimum absolute atomic E-state index is 0.123. The molecule has 1 radical (unpaired) electrons. The number of alkyl halides is 6. The summed E-state index contributed by atoms with van der Waals surface area (Å²) in [6.07, 6.45) is -10.3. The zero-order valence-corrected chi connectivity index (χ0v) is 14.8. The predicted molar refractivity (Wildman–Crippen MR) is 91.9 cm³/mol. The van der Waals surface area contributed by atoms with Crippen molar-refractivity contribution >= 4 is 0 Å². The van der Waals surface area contributed by atoms with E-state index in [0.717, 1.165) is 12.1 Å². The van der Waals surface area contributed by atoms with Gasteiger partial charge in [-0.1, -0.05) is 30.3 Å². The summed E-state index contributed by atoms with van der Waals surface area (Å²) in [5.74, 6) is -2.40. The van der Waals surface area contributed by atoms with E-state index in [1.165, 1.54) is 30.3 Å². The zero-order chi connectivity index (χ0) is 21.9. The molecular formula is C20H11F6O4. The number of benzene rings is 3. The van der Waals surface area contributed by atoms with Crippen LogP contribution in [0, 0.1) is 0 Å². The second-order valence-electron chi connectivity index (χ2n) is 5.86. The van der Waals surface area contributed by atoms with Crippen LogP contribution >= 0.6 is 0 Å². The molecule has 0 aliphatic carbocycles. The lowest BCUT2D eigenvalue weighted by molar-refractivity contribution is -0.276. The Balaban J connectivity index is 1.99. The van der Waals surface area contributed by atoms with E-state index in [2.05, 4.69) is 9.47 Å². The zero-order valence-electron chi connectivity index (χ0n) is 14.8. The van der Waals surface area contributed by atoms with Gasteiger partial charge in [0.1, 0.15) is 23.0 Å². The van der Waals surface area contributed by atoms with Crippen molar-refractivity contribution in [2.75, 3.05) is 0 Å². The van der Waals surface area contributed by atoms with Gasteiger partial charge in [-0.05, 0) is 23.8 Å². The Kier molecular flexibility index (Phi) is 5.68.